The molecule has 0 aliphatic carbocycles. The van der Waals surface area contributed by atoms with Gasteiger partial charge in [0.25, 0.3) is 0 Å². The molecule has 0 amide bonds. The zero-order valence-corrected chi connectivity index (χ0v) is 11.5. The number of aryl methyl sites for hydroxylation is 2. The Labute approximate surface area is 114 Å². The van der Waals surface area contributed by atoms with E-state index in [1.165, 1.54) is 5.56 Å². The van der Waals surface area contributed by atoms with E-state index in [1.807, 2.05) is 43.5 Å². The van der Waals surface area contributed by atoms with Gasteiger partial charge in [-0.1, -0.05) is 18.2 Å². The number of ether oxygens (including phenoxy) is 1. The monoisotopic (exact) mass is 256 g/mol. The Hall–Kier alpha value is -1.87. The molecule has 2 N–H and O–H groups in total. The van der Waals surface area contributed by atoms with E-state index in [9.17, 15) is 0 Å². The number of pyridine rings is 1. The minimum Gasteiger partial charge on any atom is -0.494 e. The number of benzene rings is 1. The van der Waals surface area contributed by atoms with Gasteiger partial charge < -0.3 is 10.5 Å². The summed E-state index contributed by atoms with van der Waals surface area (Å²) in [6.45, 7) is 4.63. The van der Waals surface area contributed by atoms with Crippen LogP contribution in [0.3, 0.4) is 0 Å². The molecule has 0 aliphatic rings. The van der Waals surface area contributed by atoms with Gasteiger partial charge in [-0.25, -0.2) is 0 Å². The van der Waals surface area contributed by atoms with Crippen molar-refractivity contribution < 1.29 is 4.74 Å². The zero-order valence-electron chi connectivity index (χ0n) is 11.5. The summed E-state index contributed by atoms with van der Waals surface area (Å²) in [7, 11) is 0. The van der Waals surface area contributed by atoms with Gasteiger partial charge in [0.05, 0.1) is 6.61 Å². The summed E-state index contributed by atoms with van der Waals surface area (Å²) in [5, 5.41) is 0. The second kappa shape index (κ2) is 6.34. The number of nitrogens with two attached hydrogens (primary N) is 1. The van der Waals surface area contributed by atoms with Crippen molar-refractivity contribution >= 4 is 0 Å². The van der Waals surface area contributed by atoms with E-state index in [-0.39, 0.29) is 6.04 Å². The molecule has 0 bridgehead atoms. The van der Waals surface area contributed by atoms with Gasteiger partial charge >= 0.3 is 0 Å². The SMILES string of the molecule is Cc1cccc(OCCC(N)c2ccc(C)nc2)c1. The summed E-state index contributed by atoms with van der Waals surface area (Å²) in [6.07, 6.45) is 2.62. The minimum absolute atomic E-state index is 0.0297. The van der Waals surface area contributed by atoms with Gasteiger partial charge in [0.15, 0.2) is 0 Å². The lowest BCUT2D eigenvalue weighted by Crippen LogP contribution is -2.14. The van der Waals surface area contributed by atoms with Crippen molar-refractivity contribution in [1.82, 2.24) is 4.98 Å². The van der Waals surface area contributed by atoms with E-state index in [4.69, 9.17) is 10.5 Å². The fourth-order valence-corrected chi connectivity index (χ4v) is 1.87. The van der Waals surface area contributed by atoms with Crippen molar-refractivity contribution in [2.75, 3.05) is 6.61 Å². The Morgan fingerprint density at radius 2 is 2.05 bits per heavy atom. The van der Waals surface area contributed by atoms with Crippen molar-refractivity contribution in [3.63, 3.8) is 0 Å². The Morgan fingerprint density at radius 1 is 1.21 bits per heavy atom. The number of hydrogen-bond acceptors (Lipinski definition) is 3. The van der Waals surface area contributed by atoms with Crippen LogP contribution < -0.4 is 10.5 Å². The number of rotatable bonds is 5. The molecule has 0 fully saturated rings. The van der Waals surface area contributed by atoms with Crippen LogP contribution in [0, 0.1) is 13.8 Å². The van der Waals surface area contributed by atoms with Crippen molar-refractivity contribution in [2.24, 2.45) is 5.73 Å². The quantitative estimate of drug-likeness (QED) is 0.894. The Balaban J connectivity index is 1.84. The first-order chi connectivity index (χ1) is 9.15. The molecule has 3 heteroatoms. The van der Waals surface area contributed by atoms with Gasteiger partial charge in [-0.2, -0.15) is 0 Å². The third-order valence-corrected chi connectivity index (χ3v) is 3.05. The van der Waals surface area contributed by atoms with Crippen LogP contribution >= 0.6 is 0 Å². The van der Waals surface area contributed by atoms with Gasteiger partial charge in [-0.15, -0.1) is 0 Å². The first-order valence-corrected chi connectivity index (χ1v) is 6.53. The van der Waals surface area contributed by atoms with Crippen LogP contribution in [0.25, 0.3) is 0 Å². The molecule has 2 aromatic rings. The van der Waals surface area contributed by atoms with Gasteiger partial charge in [0.2, 0.25) is 0 Å². The second-order valence-electron chi connectivity index (χ2n) is 4.79. The van der Waals surface area contributed by atoms with E-state index < -0.39 is 0 Å². The molecule has 0 aliphatic heterocycles. The molecule has 0 saturated carbocycles. The highest BCUT2D eigenvalue weighted by atomic mass is 16.5. The third kappa shape index (κ3) is 4.07. The largest absolute Gasteiger partial charge is 0.494 e. The van der Waals surface area contributed by atoms with Crippen molar-refractivity contribution in [2.45, 2.75) is 26.3 Å². The van der Waals surface area contributed by atoms with Gasteiger partial charge in [-0.05, 0) is 43.2 Å². The average Bonchev–Trinajstić information content (AvgIpc) is 2.39. The Morgan fingerprint density at radius 3 is 2.74 bits per heavy atom. The first kappa shape index (κ1) is 13.6. The predicted molar refractivity (Wildman–Crippen MR) is 77.2 cm³/mol. The molecule has 1 unspecified atom stereocenters. The molecular formula is C16H20N2O. The number of hydrogen-bond donors (Lipinski definition) is 1. The molecule has 0 saturated heterocycles. The fourth-order valence-electron chi connectivity index (χ4n) is 1.87. The second-order valence-corrected chi connectivity index (χ2v) is 4.79. The van der Waals surface area contributed by atoms with Gasteiger partial charge in [0, 0.05) is 24.4 Å². The van der Waals surface area contributed by atoms with Crippen molar-refractivity contribution in [3.05, 3.63) is 59.4 Å². The van der Waals surface area contributed by atoms with Crippen LogP contribution in [0.5, 0.6) is 5.75 Å². The van der Waals surface area contributed by atoms with Crippen LogP contribution in [-0.2, 0) is 0 Å². The topological polar surface area (TPSA) is 48.1 Å². The lowest BCUT2D eigenvalue weighted by molar-refractivity contribution is 0.298. The molecule has 3 nitrogen and oxygen atoms in total. The highest BCUT2D eigenvalue weighted by Crippen LogP contribution is 2.16. The molecule has 1 aromatic carbocycles. The van der Waals surface area contributed by atoms with Crippen LogP contribution in [0.15, 0.2) is 42.6 Å². The maximum Gasteiger partial charge on any atom is 0.119 e. The summed E-state index contributed by atoms with van der Waals surface area (Å²) in [5.74, 6) is 0.897. The van der Waals surface area contributed by atoms with E-state index in [1.54, 1.807) is 0 Å². The van der Waals surface area contributed by atoms with E-state index in [0.717, 1.165) is 23.4 Å². The molecule has 1 heterocycles. The maximum atomic E-state index is 6.12. The standard InChI is InChI=1S/C16H20N2O/c1-12-4-3-5-15(10-12)19-9-8-16(17)14-7-6-13(2)18-11-14/h3-7,10-11,16H,8-9,17H2,1-2H3. The minimum atomic E-state index is -0.0297. The van der Waals surface area contributed by atoms with Crippen LogP contribution in [0.2, 0.25) is 0 Å². The van der Waals surface area contributed by atoms with Crippen LogP contribution in [-0.4, -0.2) is 11.6 Å². The predicted octanol–water partition coefficient (Wildman–Crippen LogP) is 3.17. The van der Waals surface area contributed by atoms with Gasteiger partial charge in [-0.3, -0.25) is 4.98 Å². The van der Waals surface area contributed by atoms with Crippen molar-refractivity contribution in [3.8, 4) is 5.75 Å². The fraction of sp³-hybridized carbons (Fsp3) is 0.312. The lowest BCUT2D eigenvalue weighted by atomic mass is 10.1. The Kier molecular flexibility index (Phi) is 4.53. The zero-order chi connectivity index (χ0) is 13.7. The smallest absolute Gasteiger partial charge is 0.119 e. The lowest BCUT2D eigenvalue weighted by Gasteiger charge is -2.13. The molecule has 0 spiro atoms. The summed E-state index contributed by atoms with van der Waals surface area (Å²) in [6, 6.07) is 12.0. The van der Waals surface area contributed by atoms with Crippen LogP contribution in [0.1, 0.15) is 29.3 Å². The molecule has 0 radical (unpaired) electrons. The normalized spacial score (nSPS) is 12.2. The molecule has 2 rings (SSSR count). The van der Waals surface area contributed by atoms with E-state index >= 15 is 0 Å². The van der Waals surface area contributed by atoms with E-state index in [2.05, 4.69) is 18.0 Å². The highest BCUT2D eigenvalue weighted by Gasteiger charge is 2.06. The summed E-state index contributed by atoms with van der Waals surface area (Å²) < 4.78 is 5.70. The molecule has 100 valence electrons. The van der Waals surface area contributed by atoms with Crippen LogP contribution in [0.4, 0.5) is 0 Å². The molecular weight excluding hydrogens is 236 g/mol. The summed E-state index contributed by atoms with van der Waals surface area (Å²) in [4.78, 5) is 4.26. The number of aromatic nitrogens is 1. The first-order valence-electron chi connectivity index (χ1n) is 6.53. The van der Waals surface area contributed by atoms with Crippen molar-refractivity contribution in [1.29, 1.82) is 0 Å². The van der Waals surface area contributed by atoms with Gasteiger partial charge in [0.1, 0.15) is 5.75 Å². The average molecular weight is 256 g/mol. The maximum absolute atomic E-state index is 6.12. The van der Waals surface area contributed by atoms with E-state index in [0.29, 0.717) is 6.61 Å². The molecule has 1 aromatic heterocycles. The highest BCUT2D eigenvalue weighted by molar-refractivity contribution is 5.27. The number of nitrogens with zero attached hydrogens (tertiary/aromatic N) is 1. The molecule has 1 atom stereocenters. The summed E-state index contributed by atoms with van der Waals surface area (Å²) in [5.41, 5.74) is 9.38. The summed E-state index contributed by atoms with van der Waals surface area (Å²) >= 11 is 0. The Bertz CT molecular complexity index is 523. The third-order valence-electron chi connectivity index (χ3n) is 3.05. The molecule has 19 heavy (non-hydrogen) atoms.